The van der Waals surface area contributed by atoms with Gasteiger partial charge in [0.05, 0.1) is 0 Å². The molecule has 0 spiro atoms. The highest BCUT2D eigenvalue weighted by atomic mass is 14.7. The Bertz CT molecular complexity index is 117. The van der Waals surface area contributed by atoms with E-state index in [1.54, 1.807) is 0 Å². The first-order chi connectivity index (χ1) is 7.09. The normalized spacial score (nSPS) is 9.44. The van der Waals surface area contributed by atoms with Crippen LogP contribution in [0.2, 0.25) is 0 Å². The Morgan fingerprint density at radius 1 is 0.667 bits per heavy atom. The molecule has 0 saturated carbocycles. The number of aliphatic imine (C=N–C) groups is 1. The maximum atomic E-state index is 4.20. The molecule has 0 aliphatic rings. The summed E-state index contributed by atoms with van der Waals surface area (Å²) in [5.41, 5.74) is 0. The molecule has 0 atom stereocenters. The zero-order valence-corrected chi connectivity index (χ0v) is 13.3. The molecule has 0 aromatic carbocycles. The number of nitrogens with zero attached hydrogens (tertiary/aromatic N) is 1. The predicted molar refractivity (Wildman–Crippen MR) is 95.1 cm³/mol. The molecule has 0 radical (unpaired) electrons. The van der Waals surface area contributed by atoms with Gasteiger partial charge in [-0.1, -0.05) is 70.2 Å². The van der Waals surface area contributed by atoms with Crippen molar-refractivity contribution in [1.82, 2.24) is 0 Å². The minimum atomic E-state index is 0. The molecule has 0 N–H and O–H groups in total. The molecule has 18 heavy (non-hydrogen) atoms. The molecule has 0 aliphatic heterocycles. The maximum absolute atomic E-state index is 4.20. The van der Waals surface area contributed by atoms with Crippen LogP contribution < -0.4 is 0 Å². The van der Waals surface area contributed by atoms with E-state index in [0.717, 1.165) is 11.8 Å². The molecule has 118 valence electrons. The summed E-state index contributed by atoms with van der Waals surface area (Å²) in [7, 11) is 0. The van der Waals surface area contributed by atoms with Crippen molar-refractivity contribution in [2.24, 2.45) is 22.7 Å². The maximum Gasteiger partial charge on any atom is 0.0439 e. The lowest BCUT2D eigenvalue weighted by Gasteiger charge is -1.95. The second kappa shape index (κ2) is 21.9. The number of hydrogen-bond donors (Lipinski definition) is 0. The van der Waals surface area contributed by atoms with Crippen LogP contribution in [0, 0.1) is 17.8 Å². The van der Waals surface area contributed by atoms with Gasteiger partial charge < -0.3 is 0 Å². The van der Waals surface area contributed by atoms with Crippen molar-refractivity contribution >= 4 is 6.21 Å². The summed E-state index contributed by atoms with van der Waals surface area (Å²) in [6.07, 6.45) is 1.99. The molecular weight excluding hydrogens is 218 g/mol. The second-order valence-corrected chi connectivity index (χ2v) is 6.10. The Balaban J connectivity index is -0.0000000337. The largest absolute Gasteiger partial charge is 0.295 e. The van der Waals surface area contributed by atoms with Gasteiger partial charge in [0.2, 0.25) is 0 Å². The molecule has 0 fully saturated rings. The van der Waals surface area contributed by atoms with Crippen LogP contribution in [0.5, 0.6) is 0 Å². The molecule has 1 nitrogen and oxygen atoms in total. The van der Waals surface area contributed by atoms with Crippen LogP contribution in [-0.2, 0) is 0 Å². The van der Waals surface area contributed by atoms with Crippen molar-refractivity contribution in [1.29, 1.82) is 0 Å². The molecule has 0 heterocycles. The summed E-state index contributed by atoms with van der Waals surface area (Å²) >= 11 is 0. The summed E-state index contributed by atoms with van der Waals surface area (Å²) in [6, 6.07) is 0.456. The first-order valence-electron chi connectivity index (χ1n) is 6.62. The molecule has 0 bridgehead atoms. The molecule has 0 aromatic rings. The minimum absolute atomic E-state index is 0. The van der Waals surface area contributed by atoms with Crippen molar-refractivity contribution in [3.63, 3.8) is 0 Å². The summed E-state index contributed by atoms with van der Waals surface area (Å²) < 4.78 is 0. The van der Waals surface area contributed by atoms with Gasteiger partial charge in [0.25, 0.3) is 0 Å². The van der Waals surface area contributed by atoms with Gasteiger partial charge in [-0.15, -0.1) is 0 Å². The standard InChI is InChI=1S/C7H15N.2C4H10.2CH4.H2/c1-6(2)5-8-7(3)4;2*1-4(2)3;;;/h5-7H,1-4H3;2*4H,1-3H3;2*1H4;1H. The van der Waals surface area contributed by atoms with Crippen molar-refractivity contribution < 1.29 is 1.43 Å². The van der Waals surface area contributed by atoms with E-state index in [-0.39, 0.29) is 16.3 Å². The Labute approximate surface area is 121 Å². The van der Waals surface area contributed by atoms with E-state index >= 15 is 0 Å². The van der Waals surface area contributed by atoms with E-state index in [9.17, 15) is 0 Å². The van der Waals surface area contributed by atoms with Crippen molar-refractivity contribution in [3.05, 3.63) is 0 Å². The molecule has 0 saturated heterocycles. The molecule has 0 rings (SSSR count). The van der Waals surface area contributed by atoms with Crippen molar-refractivity contribution in [3.8, 4) is 0 Å². The third-order valence-electron chi connectivity index (χ3n) is 0.682. The van der Waals surface area contributed by atoms with Gasteiger partial charge >= 0.3 is 0 Å². The van der Waals surface area contributed by atoms with Crippen LogP contribution in [-0.4, -0.2) is 12.3 Å². The molecule has 0 amide bonds. The zero-order chi connectivity index (χ0) is 13.7. The Morgan fingerprint density at radius 2 is 0.889 bits per heavy atom. The smallest absolute Gasteiger partial charge is 0.0439 e. The van der Waals surface area contributed by atoms with Gasteiger partial charge in [-0.25, -0.2) is 0 Å². The summed E-state index contributed by atoms with van der Waals surface area (Å²) in [6.45, 7) is 21.4. The zero-order valence-electron chi connectivity index (χ0n) is 13.3. The van der Waals surface area contributed by atoms with Gasteiger partial charge in [-0.2, -0.15) is 0 Å². The highest BCUT2D eigenvalue weighted by molar-refractivity contribution is 5.59. The van der Waals surface area contributed by atoms with Gasteiger partial charge in [-0.3, -0.25) is 4.99 Å². The van der Waals surface area contributed by atoms with E-state index in [2.05, 4.69) is 74.2 Å². The summed E-state index contributed by atoms with van der Waals surface area (Å²) in [5, 5.41) is 0. The fraction of sp³-hybridized carbons (Fsp3) is 0.941. The second-order valence-electron chi connectivity index (χ2n) is 6.10. The van der Waals surface area contributed by atoms with Crippen LogP contribution in [0.1, 0.15) is 85.5 Å². The lowest BCUT2D eigenvalue weighted by Crippen LogP contribution is -1.93. The predicted octanol–water partition coefficient (Wildman–Crippen LogP) is 6.96. The molecule has 1 heteroatoms. The fourth-order valence-electron chi connectivity index (χ4n) is 0.344. The monoisotopic (exact) mass is 263 g/mol. The average Bonchev–Trinajstić information content (AvgIpc) is 1.98. The minimum Gasteiger partial charge on any atom is -0.295 e. The first-order valence-corrected chi connectivity index (χ1v) is 6.62. The van der Waals surface area contributed by atoms with Gasteiger partial charge in [-0.05, 0) is 31.6 Å². The summed E-state index contributed by atoms with van der Waals surface area (Å²) in [5.74, 6) is 2.26. The van der Waals surface area contributed by atoms with Gasteiger partial charge in [0.15, 0.2) is 0 Å². The quantitative estimate of drug-likeness (QED) is 0.477. The van der Waals surface area contributed by atoms with E-state index in [1.807, 2.05) is 6.21 Å². The third-order valence-corrected chi connectivity index (χ3v) is 0.682. The molecule has 0 aromatic heterocycles. The SMILES string of the molecule is C.C.CC(C)C.CC(C)C.CC(C)C=NC(C)C.[HH]. The lowest BCUT2D eigenvalue weighted by atomic mass is 10.2. The molecule has 0 aliphatic carbocycles. The topological polar surface area (TPSA) is 12.4 Å². The third kappa shape index (κ3) is 155. The highest BCUT2D eigenvalue weighted by Crippen LogP contribution is 1.89. The van der Waals surface area contributed by atoms with Crippen molar-refractivity contribution in [2.45, 2.75) is 90.1 Å². The van der Waals surface area contributed by atoms with Crippen LogP contribution in [0.4, 0.5) is 0 Å². The molecule has 0 unspecified atom stereocenters. The first kappa shape index (κ1) is 30.6. The Hall–Kier alpha value is -0.330. The van der Waals surface area contributed by atoms with E-state index in [4.69, 9.17) is 0 Å². The highest BCUT2D eigenvalue weighted by Gasteiger charge is 1.85. The number of hydrogen-bond acceptors (Lipinski definition) is 1. The van der Waals surface area contributed by atoms with Crippen LogP contribution in [0.25, 0.3) is 0 Å². The van der Waals surface area contributed by atoms with Crippen LogP contribution >= 0.6 is 0 Å². The van der Waals surface area contributed by atoms with Crippen LogP contribution in [0.3, 0.4) is 0 Å². The van der Waals surface area contributed by atoms with E-state index in [1.165, 1.54) is 0 Å². The fourth-order valence-corrected chi connectivity index (χ4v) is 0.344. The Morgan fingerprint density at radius 3 is 0.944 bits per heavy atom. The van der Waals surface area contributed by atoms with E-state index < -0.39 is 0 Å². The van der Waals surface area contributed by atoms with Crippen molar-refractivity contribution in [2.75, 3.05) is 0 Å². The Kier molecular flexibility index (Phi) is 37.2. The lowest BCUT2D eigenvalue weighted by molar-refractivity contribution is 0.736. The molecular formula is C17H45N. The summed E-state index contributed by atoms with van der Waals surface area (Å²) in [4.78, 5) is 4.20. The van der Waals surface area contributed by atoms with Gasteiger partial charge in [0.1, 0.15) is 0 Å². The number of rotatable bonds is 2. The van der Waals surface area contributed by atoms with E-state index in [0.29, 0.717) is 12.0 Å². The average molecular weight is 264 g/mol. The van der Waals surface area contributed by atoms with Crippen LogP contribution in [0.15, 0.2) is 4.99 Å². The van der Waals surface area contributed by atoms with Gasteiger partial charge in [0, 0.05) is 13.7 Å².